The van der Waals surface area contributed by atoms with Crippen LogP contribution in [0.4, 0.5) is 0 Å². The van der Waals surface area contributed by atoms with Gasteiger partial charge in [0, 0.05) is 5.54 Å². The minimum atomic E-state index is -0.179. The molecule has 0 unspecified atom stereocenters. The van der Waals surface area contributed by atoms with Gasteiger partial charge >= 0.3 is 0 Å². The van der Waals surface area contributed by atoms with E-state index in [0.29, 0.717) is 5.75 Å². The Labute approximate surface area is 99.2 Å². The molecule has 0 saturated carbocycles. The highest BCUT2D eigenvalue weighted by Gasteiger charge is 2.13. The minimum Gasteiger partial charge on any atom is -0.351 e. The molecule has 7 heteroatoms. The number of nitrogens with one attached hydrogen (secondary N) is 2. The second kappa shape index (κ2) is 5.97. The lowest BCUT2D eigenvalue weighted by Gasteiger charge is -2.19. The quantitative estimate of drug-likeness (QED) is 0.792. The molecule has 2 N–H and O–H groups in total. The molecular weight excluding hydrogens is 236 g/mol. The summed E-state index contributed by atoms with van der Waals surface area (Å²) >= 11 is 1.36. The van der Waals surface area contributed by atoms with E-state index in [1.165, 1.54) is 11.8 Å². The van der Waals surface area contributed by atoms with Crippen molar-refractivity contribution in [2.45, 2.75) is 31.3 Å². The summed E-state index contributed by atoms with van der Waals surface area (Å²) in [7, 11) is 0. The summed E-state index contributed by atoms with van der Waals surface area (Å²) in [5.74, 6) is 0.370. The maximum atomic E-state index is 11.4. The van der Waals surface area contributed by atoms with E-state index in [-0.39, 0.29) is 23.9 Å². The van der Waals surface area contributed by atoms with Gasteiger partial charge in [0.05, 0.1) is 11.9 Å². The molecule has 0 saturated heterocycles. The molecule has 1 heterocycles. The third kappa shape index (κ3) is 6.35. The molecule has 0 atom stereocenters. The van der Waals surface area contributed by atoms with Gasteiger partial charge in [0.15, 0.2) is 0 Å². The molecule has 0 spiro atoms. The first-order valence-electron chi connectivity index (χ1n) is 4.27. The molecular formula is C8H15ClN4OS. The Morgan fingerprint density at radius 3 is 2.73 bits per heavy atom. The van der Waals surface area contributed by atoms with Crippen LogP contribution in [0.3, 0.4) is 0 Å². The van der Waals surface area contributed by atoms with Crippen LogP contribution < -0.4 is 5.32 Å². The van der Waals surface area contributed by atoms with E-state index in [4.69, 9.17) is 0 Å². The number of aromatic nitrogens is 3. The first-order chi connectivity index (χ1) is 6.47. The van der Waals surface area contributed by atoms with Crippen LogP contribution in [0.15, 0.2) is 11.2 Å². The van der Waals surface area contributed by atoms with Crippen LogP contribution in [-0.4, -0.2) is 32.6 Å². The van der Waals surface area contributed by atoms with Crippen LogP contribution >= 0.6 is 24.2 Å². The fourth-order valence-electron chi connectivity index (χ4n) is 0.854. The molecule has 86 valence electrons. The van der Waals surface area contributed by atoms with Crippen LogP contribution in [0, 0.1) is 0 Å². The monoisotopic (exact) mass is 250 g/mol. The lowest BCUT2D eigenvalue weighted by atomic mass is 10.1. The van der Waals surface area contributed by atoms with Crippen molar-refractivity contribution in [3.05, 3.63) is 6.20 Å². The fourth-order valence-corrected chi connectivity index (χ4v) is 1.44. The lowest BCUT2D eigenvalue weighted by molar-refractivity contribution is -0.119. The number of hydrogen-bond donors (Lipinski definition) is 2. The van der Waals surface area contributed by atoms with Crippen LogP contribution in [-0.2, 0) is 4.79 Å². The molecule has 0 aliphatic carbocycles. The Hall–Kier alpha value is -0.750. The van der Waals surface area contributed by atoms with Crippen molar-refractivity contribution in [1.29, 1.82) is 0 Å². The highest BCUT2D eigenvalue weighted by molar-refractivity contribution is 7.99. The number of halogens is 1. The van der Waals surface area contributed by atoms with Crippen molar-refractivity contribution in [3.63, 3.8) is 0 Å². The molecule has 0 aromatic carbocycles. The van der Waals surface area contributed by atoms with Gasteiger partial charge in [0.1, 0.15) is 5.03 Å². The first-order valence-corrected chi connectivity index (χ1v) is 5.25. The van der Waals surface area contributed by atoms with Gasteiger partial charge in [-0.1, -0.05) is 11.8 Å². The number of carbonyl (C=O) groups is 1. The third-order valence-corrected chi connectivity index (χ3v) is 2.16. The topological polar surface area (TPSA) is 70.7 Å². The lowest BCUT2D eigenvalue weighted by Crippen LogP contribution is -2.41. The number of carbonyl (C=O) groups excluding carboxylic acids is 1. The molecule has 1 rings (SSSR count). The van der Waals surface area contributed by atoms with E-state index in [1.54, 1.807) is 6.20 Å². The molecule has 1 amide bonds. The number of amides is 1. The Bertz CT molecular complexity index is 296. The zero-order valence-electron chi connectivity index (χ0n) is 8.90. The van der Waals surface area contributed by atoms with Gasteiger partial charge in [0.2, 0.25) is 5.91 Å². The Morgan fingerprint density at radius 2 is 2.27 bits per heavy atom. The van der Waals surface area contributed by atoms with Crippen molar-refractivity contribution >= 4 is 30.1 Å². The average Bonchev–Trinajstić information content (AvgIpc) is 2.49. The zero-order chi connectivity index (χ0) is 10.6. The standard InChI is InChI=1S/C8H14N4OS.ClH/c1-8(2,3)10-6(13)5-14-7-4-9-12-11-7;/h4H,5H2,1-3H3,(H,10,13)(H,9,11,12);1H. The number of aromatic amines is 1. The zero-order valence-corrected chi connectivity index (χ0v) is 10.5. The molecule has 5 nitrogen and oxygen atoms in total. The molecule has 1 aromatic rings. The summed E-state index contributed by atoms with van der Waals surface area (Å²) in [6, 6.07) is 0. The molecule has 0 radical (unpaired) electrons. The summed E-state index contributed by atoms with van der Waals surface area (Å²) in [4.78, 5) is 11.4. The normalized spacial score (nSPS) is 10.6. The van der Waals surface area contributed by atoms with Crippen molar-refractivity contribution in [2.24, 2.45) is 0 Å². The summed E-state index contributed by atoms with van der Waals surface area (Å²) in [6.07, 6.45) is 1.59. The van der Waals surface area contributed by atoms with E-state index in [0.717, 1.165) is 5.03 Å². The Morgan fingerprint density at radius 1 is 1.60 bits per heavy atom. The van der Waals surface area contributed by atoms with Crippen LogP contribution in [0.1, 0.15) is 20.8 Å². The Balaban J connectivity index is 0.00000196. The largest absolute Gasteiger partial charge is 0.351 e. The minimum absolute atomic E-state index is 0. The predicted octanol–water partition coefficient (Wildman–Crippen LogP) is 1.23. The van der Waals surface area contributed by atoms with E-state index in [1.807, 2.05) is 20.8 Å². The van der Waals surface area contributed by atoms with Crippen molar-refractivity contribution in [2.75, 3.05) is 5.75 Å². The summed E-state index contributed by atoms with van der Waals surface area (Å²) < 4.78 is 0. The maximum Gasteiger partial charge on any atom is 0.230 e. The van der Waals surface area contributed by atoms with E-state index >= 15 is 0 Å². The molecule has 0 bridgehead atoms. The van der Waals surface area contributed by atoms with Gasteiger partial charge in [-0.15, -0.1) is 17.5 Å². The molecule has 0 fully saturated rings. The van der Waals surface area contributed by atoms with Gasteiger partial charge in [-0.3, -0.25) is 4.79 Å². The van der Waals surface area contributed by atoms with Gasteiger partial charge in [-0.05, 0) is 20.8 Å². The van der Waals surface area contributed by atoms with Gasteiger partial charge in [-0.25, -0.2) is 0 Å². The number of hydrogen-bond acceptors (Lipinski definition) is 4. The molecule has 0 aliphatic rings. The second-order valence-corrected chi connectivity index (χ2v) is 4.89. The molecule has 15 heavy (non-hydrogen) atoms. The summed E-state index contributed by atoms with van der Waals surface area (Å²) in [5.41, 5.74) is -0.179. The Kier molecular flexibility index (Phi) is 5.67. The van der Waals surface area contributed by atoms with Crippen LogP contribution in [0.2, 0.25) is 0 Å². The highest BCUT2D eigenvalue weighted by Crippen LogP contribution is 2.12. The van der Waals surface area contributed by atoms with Gasteiger partial charge in [-0.2, -0.15) is 10.3 Å². The van der Waals surface area contributed by atoms with Crippen molar-refractivity contribution < 1.29 is 4.79 Å². The smallest absolute Gasteiger partial charge is 0.230 e. The third-order valence-electron chi connectivity index (χ3n) is 1.26. The second-order valence-electron chi connectivity index (χ2n) is 3.90. The van der Waals surface area contributed by atoms with Crippen LogP contribution in [0.25, 0.3) is 0 Å². The highest BCUT2D eigenvalue weighted by atomic mass is 35.5. The van der Waals surface area contributed by atoms with E-state index < -0.39 is 0 Å². The summed E-state index contributed by atoms with van der Waals surface area (Å²) in [6.45, 7) is 5.85. The molecule has 1 aromatic heterocycles. The van der Waals surface area contributed by atoms with Crippen molar-refractivity contribution in [3.8, 4) is 0 Å². The van der Waals surface area contributed by atoms with Crippen LogP contribution in [0.5, 0.6) is 0 Å². The number of H-pyrrole nitrogens is 1. The number of thioether (sulfide) groups is 1. The molecule has 0 aliphatic heterocycles. The van der Waals surface area contributed by atoms with Crippen molar-refractivity contribution in [1.82, 2.24) is 20.7 Å². The fraction of sp³-hybridized carbons (Fsp3) is 0.625. The SMILES string of the molecule is CC(C)(C)NC(=O)CSc1cn[nH]n1.Cl. The van der Waals surface area contributed by atoms with Gasteiger partial charge in [0.25, 0.3) is 0 Å². The van der Waals surface area contributed by atoms with E-state index in [9.17, 15) is 4.79 Å². The predicted molar refractivity (Wildman–Crippen MR) is 62.3 cm³/mol. The first kappa shape index (κ1) is 14.2. The maximum absolute atomic E-state index is 11.4. The van der Waals surface area contributed by atoms with Gasteiger partial charge < -0.3 is 5.32 Å². The average molecular weight is 251 g/mol. The number of nitrogens with zero attached hydrogens (tertiary/aromatic N) is 2. The summed E-state index contributed by atoms with van der Waals surface area (Å²) in [5, 5.41) is 13.6. The van der Waals surface area contributed by atoms with E-state index in [2.05, 4.69) is 20.7 Å². The number of rotatable bonds is 3.